The van der Waals surface area contributed by atoms with Crippen molar-refractivity contribution in [3.63, 3.8) is 0 Å². The summed E-state index contributed by atoms with van der Waals surface area (Å²) in [4.78, 5) is 26.6. The molecule has 0 saturated carbocycles. The normalized spacial score (nSPS) is 16.0. The van der Waals surface area contributed by atoms with E-state index in [0.29, 0.717) is 46.4 Å². The first-order valence-electron chi connectivity index (χ1n) is 8.90. The van der Waals surface area contributed by atoms with Crippen LogP contribution in [0.25, 0.3) is 0 Å². The maximum absolute atomic E-state index is 13.5. The van der Waals surface area contributed by atoms with Crippen LogP contribution in [0.5, 0.6) is 11.5 Å². The topological polar surface area (TPSA) is 79.9 Å². The molecular weight excluding hydrogens is 401 g/mol. The Morgan fingerprint density at radius 3 is 2.59 bits per heavy atom. The Hall–Kier alpha value is -3.00. The first kappa shape index (κ1) is 20.7. The number of nitrogens with zero attached hydrogens (tertiary/aromatic N) is 1. The summed E-state index contributed by atoms with van der Waals surface area (Å²) in [6.07, 6.45) is 0.434. The van der Waals surface area contributed by atoms with Crippen LogP contribution in [0.15, 0.2) is 30.3 Å². The average Bonchev–Trinajstić information content (AvgIpc) is 3.04. The smallest absolute Gasteiger partial charge is 0.319 e. The van der Waals surface area contributed by atoms with Gasteiger partial charge in [0.05, 0.1) is 24.9 Å². The van der Waals surface area contributed by atoms with E-state index in [1.165, 1.54) is 31.3 Å². The fraction of sp³-hybridized carbons (Fsp3) is 0.300. The van der Waals surface area contributed by atoms with Gasteiger partial charge >= 0.3 is 6.03 Å². The molecule has 3 amide bonds. The van der Waals surface area contributed by atoms with Crippen LogP contribution in [0, 0.1) is 12.7 Å². The number of benzene rings is 2. The van der Waals surface area contributed by atoms with E-state index in [4.69, 9.17) is 21.1 Å². The average molecular weight is 422 g/mol. The van der Waals surface area contributed by atoms with Gasteiger partial charge in [0.2, 0.25) is 5.91 Å². The Balaban J connectivity index is 1.68. The summed E-state index contributed by atoms with van der Waals surface area (Å²) in [6, 6.07) is 6.28. The second kappa shape index (κ2) is 8.57. The fourth-order valence-corrected chi connectivity index (χ4v) is 3.38. The highest BCUT2D eigenvalue weighted by Gasteiger charge is 2.34. The Morgan fingerprint density at radius 2 is 1.93 bits per heavy atom. The molecule has 1 aliphatic rings. The molecule has 0 aliphatic carbocycles. The molecular formula is C20H21ClFN3O4. The van der Waals surface area contributed by atoms with Gasteiger partial charge in [0.25, 0.3) is 0 Å². The Kier molecular flexibility index (Phi) is 6.12. The van der Waals surface area contributed by atoms with Crippen molar-refractivity contribution in [3.05, 3.63) is 46.7 Å². The number of aryl methyl sites for hydroxylation is 1. The number of hydrogen-bond donors (Lipinski definition) is 2. The van der Waals surface area contributed by atoms with Crippen molar-refractivity contribution >= 4 is 34.9 Å². The Bertz CT molecular complexity index is 954. The number of amides is 3. The Morgan fingerprint density at radius 1 is 1.21 bits per heavy atom. The van der Waals surface area contributed by atoms with E-state index in [1.807, 2.05) is 0 Å². The van der Waals surface area contributed by atoms with Crippen LogP contribution < -0.4 is 25.0 Å². The van der Waals surface area contributed by atoms with E-state index in [9.17, 15) is 14.0 Å². The van der Waals surface area contributed by atoms with Crippen LogP contribution >= 0.6 is 11.6 Å². The summed E-state index contributed by atoms with van der Waals surface area (Å²) >= 11 is 6.11. The minimum absolute atomic E-state index is 0.258. The first-order chi connectivity index (χ1) is 13.8. The lowest BCUT2D eigenvalue weighted by Crippen LogP contribution is -2.43. The number of methoxy groups -OCH3 is 2. The number of rotatable bonds is 5. The largest absolute Gasteiger partial charge is 0.495 e. The van der Waals surface area contributed by atoms with Crippen molar-refractivity contribution < 1.29 is 23.5 Å². The van der Waals surface area contributed by atoms with Crippen molar-refractivity contribution in [3.8, 4) is 11.5 Å². The molecule has 1 atom stereocenters. The number of carbonyl (C=O) groups is 2. The molecule has 1 saturated heterocycles. The fourth-order valence-electron chi connectivity index (χ4n) is 3.14. The van der Waals surface area contributed by atoms with Gasteiger partial charge in [-0.25, -0.2) is 9.18 Å². The lowest BCUT2D eigenvalue weighted by molar-refractivity contribution is -0.118. The van der Waals surface area contributed by atoms with Gasteiger partial charge in [-0.3, -0.25) is 4.79 Å². The molecule has 29 heavy (non-hydrogen) atoms. The molecule has 1 fully saturated rings. The predicted octanol–water partition coefficient (Wildman–Crippen LogP) is 3.73. The zero-order valence-corrected chi connectivity index (χ0v) is 17.0. The van der Waals surface area contributed by atoms with Crippen LogP contribution in [0.1, 0.15) is 12.0 Å². The molecule has 0 bridgehead atoms. The molecule has 3 rings (SSSR count). The quantitative estimate of drug-likeness (QED) is 0.770. The van der Waals surface area contributed by atoms with Crippen LogP contribution in [0.4, 0.5) is 20.6 Å². The van der Waals surface area contributed by atoms with Crippen molar-refractivity contribution in [2.24, 2.45) is 0 Å². The Labute approximate surface area is 172 Å². The van der Waals surface area contributed by atoms with E-state index in [1.54, 1.807) is 25.1 Å². The SMILES string of the molecule is COc1cc(OC)c(NC(=O)N[C@@H]2CCN(c3ccc(F)c(C)c3)C2=O)cc1Cl. The van der Waals surface area contributed by atoms with E-state index in [-0.39, 0.29) is 11.7 Å². The molecule has 9 heteroatoms. The number of halogens is 2. The van der Waals surface area contributed by atoms with Crippen molar-refractivity contribution in [2.45, 2.75) is 19.4 Å². The maximum Gasteiger partial charge on any atom is 0.319 e. The third-order valence-corrected chi connectivity index (χ3v) is 4.98. The monoisotopic (exact) mass is 421 g/mol. The molecule has 1 aliphatic heterocycles. The minimum Gasteiger partial charge on any atom is -0.495 e. The summed E-state index contributed by atoms with van der Waals surface area (Å²) in [5, 5.41) is 5.60. The van der Waals surface area contributed by atoms with Gasteiger partial charge in [0, 0.05) is 18.3 Å². The van der Waals surface area contributed by atoms with E-state index < -0.39 is 12.1 Å². The van der Waals surface area contributed by atoms with Crippen molar-refractivity contribution in [1.82, 2.24) is 5.32 Å². The van der Waals surface area contributed by atoms with Crippen LogP contribution in [-0.4, -0.2) is 38.7 Å². The molecule has 0 radical (unpaired) electrons. The number of urea groups is 1. The molecule has 0 unspecified atom stereocenters. The van der Waals surface area contributed by atoms with Gasteiger partial charge in [-0.15, -0.1) is 0 Å². The van der Waals surface area contributed by atoms with Crippen molar-refractivity contribution in [1.29, 1.82) is 0 Å². The second-order valence-corrected chi connectivity index (χ2v) is 6.96. The second-order valence-electron chi connectivity index (χ2n) is 6.55. The van der Waals surface area contributed by atoms with Gasteiger partial charge in [-0.05, 0) is 43.2 Å². The van der Waals surface area contributed by atoms with Gasteiger partial charge in [0.15, 0.2) is 0 Å². The van der Waals surface area contributed by atoms with Gasteiger partial charge in [0.1, 0.15) is 23.4 Å². The van der Waals surface area contributed by atoms with Gasteiger partial charge < -0.3 is 25.0 Å². The number of carbonyl (C=O) groups excluding carboxylic acids is 2. The van der Waals surface area contributed by atoms with E-state index in [2.05, 4.69) is 10.6 Å². The number of hydrogen-bond acceptors (Lipinski definition) is 4. The third-order valence-electron chi connectivity index (χ3n) is 4.69. The van der Waals surface area contributed by atoms with Crippen LogP contribution in [0.2, 0.25) is 5.02 Å². The molecule has 1 heterocycles. The predicted molar refractivity (Wildman–Crippen MR) is 109 cm³/mol. The molecule has 0 spiro atoms. The standard InChI is InChI=1S/C20H21ClFN3O4/c1-11-8-12(4-5-14(11)22)25-7-6-15(19(25)26)23-20(27)24-16-9-13(21)17(28-2)10-18(16)29-3/h4-5,8-10,15H,6-7H2,1-3H3,(H2,23,24,27)/t15-/m1/s1. The zero-order valence-electron chi connectivity index (χ0n) is 16.2. The first-order valence-corrected chi connectivity index (χ1v) is 9.28. The summed E-state index contributed by atoms with van der Waals surface area (Å²) in [7, 11) is 2.93. The minimum atomic E-state index is -0.694. The lowest BCUT2D eigenvalue weighted by Gasteiger charge is -2.18. The van der Waals surface area contributed by atoms with E-state index >= 15 is 0 Å². The molecule has 2 aromatic rings. The highest BCUT2D eigenvalue weighted by atomic mass is 35.5. The highest BCUT2D eigenvalue weighted by Crippen LogP contribution is 2.35. The summed E-state index contributed by atoms with van der Waals surface area (Å²) in [6.45, 7) is 2.06. The molecule has 0 aromatic heterocycles. The summed E-state index contributed by atoms with van der Waals surface area (Å²) in [5.74, 6) is 0.181. The van der Waals surface area contributed by atoms with Crippen LogP contribution in [-0.2, 0) is 4.79 Å². The molecule has 154 valence electrons. The zero-order chi connectivity index (χ0) is 21.1. The highest BCUT2D eigenvalue weighted by molar-refractivity contribution is 6.32. The third kappa shape index (κ3) is 4.37. The number of nitrogens with one attached hydrogen (secondary N) is 2. The molecule has 7 nitrogen and oxygen atoms in total. The number of ether oxygens (including phenoxy) is 2. The molecule has 2 aromatic carbocycles. The molecule has 2 N–H and O–H groups in total. The summed E-state index contributed by atoms with van der Waals surface area (Å²) in [5.41, 5.74) is 1.39. The lowest BCUT2D eigenvalue weighted by atomic mass is 10.2. The number of anilines is 2. The van der Waals surface area contributed by atoms with E-state index in [0.717, 1.165) is 0 Å². The van der Waals surface area contributed by atoms with Gasteiger partial charge in [-0.2, -0.15) is 0 Å². The van der Waals surface area contributed by atoms with Crippen LogP contribution in [0.3, 0.4) is 0 Å². The summed E-state index contributed by atoms with van der Waals surface area (Å²) < 4.78 is 23.8. The van der Waals surface area contributed by atoms with Gasteiger partial charge in [-0.1, -0.05) is 11.6 Å². The van der Waals surface area contributed by atoms with Crippen molar-refractivity contribution in [2.75, 3.05) is 31.0 Å². The maximum atomic E-state index is 13.5.